The summed E-state index contributed by atoms with van der Waals surface area (Å²) in [5.74, 6) is 0.111. The zero-order chi connectivity index (χ0) is 22.9. The number of fused-ring (bicyclic) bond motifs is 1. The van der Waals surface area contributed by atoms with Gasteiger partial charge in [-0.1, -0.05) is 0 Å². The number of hydrogen-bond donors (Lipinski definition) is 3. The van der Waals surface area contributed by atoms with Gasteiger partial charge in [0.1, 0.15) is 11.2 Å². The maximum atomic E-state index is 14.4. The minimum absolute atomic E-state index is 0.121. The fraction of sp³-hybridized carbons (Fsp3) is 0.455. The lowest BCUT2D eigenvalue weighted by atomic mass is 9.98. The molecular formula is C22H28FN7O2. The first-order valence-electron chi connectivity index (χ1n) is 10.7. The van der Waals surface area contributed by atoms with Crippen molar-refractivity contribution >= 4 is 28.6 Å². The quantitative estimate of drug-likeness (QED) is 0.563. The number of nitrogens with zero attached hydrogens (tertiary/aromatic N) is 4. The van der Waals surface area contributed by atoms with Gasteiger partial charge in [-0.2, -0.15) is 0 Å². The van der Waals surface area contributed by atoms with E-state index in [-0.39, 0.29) is 17.8 Å². The molecule has 1 amide bonds. The average Bonchev–Trinajstić information content (AvgIpc) is 3.15. The van der Waals surface area contributed by atoms with Crippen molar-refractivity contribution in [3.8, 4) is 11.4 Å². The predicted molar refractivity (Wildman–Crippen MR) is 121 cm³/mol. The number of anilines is 2. The molecule has 3 aromatic rings. The average molecular weight is 442 g/mol. The number of rotatable bonds is 4. The molecule has 1 fully saturated rings. The van der Waals surface area contributed by atoms with Gasteiger partial charge in [0.2, 0.25) is 0 Å². The van der Waals surface area contributed by atoms with E-state index >= 15 is 0 Å². The van der Waals surface area contributed by atoms with E-state index in [1.54, 1.807) is 23.4 Å². The number of aromatic nitrogens is 4. The first-order valence-corrected chi connectivity index (χ1v) is 10.7. The molecule has 9 nitrogen and oxygen atoms in total. The molecule has 3 aromatic heterocycles. The first kappa shape index (κ1) is 21.8. The van der Waals surface area contributed by atoms with Crippen LogP contribution in [0.25, 0.3) is 22.4 Å². The van der Waals surface area contributed by atoms with E-state index in [2.05, 4.69) is 25.3 Å². The normalized spacial score (nSPS) is 16.9. The summed E-state index contributed by atoms with van der Waals surface area (Å²) in [4.78, 5) is 29.9. The zero-order valence-corrected chi connectivity index (χ0v) is 18.5. The molecule has 0 aliphatic carbocycles. The third-order valence-corrected chi connectivity index (χ3v) is 5.27. The number of pyridine rings is 1. The molecule has 1 aliphatic heterocycles. The van der Waals surface area contributed by atoms with Crippen molar-refractivity contribution < 1.29 is 13.9 Å². The summed E-state index contributed by atoms with van der Waals surface area (Å²) in [5.41, 5.74) is 7.18. The number of carbonyl (C=O) groups excluding carboxylic acids is 1. The van der Waals surface area contributed by atoms with E-state index < -0.39 is 11.4 Å². The number of aromatic amines is 1. The second-order valence-corrected chi connectivity index (χ2v) is 9.07. The summed E-state index contributed by atoms with van der Waals surface area (Å²) in [6.07, 6.45) is 5.92. The smallest absolute Gasteiger partial charge is 0.410 e. The molecule has 10 heteroatoms. The highest BCUT2D eigenvalue weighted by Gasteiger charge is 2.27. The minimum Gasteiger partial charge on any atom is -0.444 e. The van der Waals surface area contributed by atoms with Crippen LogP contribution in [0.3, 0.4) is 0 Å². The fourth-order valence-electron chi connectivity index (χ4n) is 3.79. The molecule has 4 heterocycles. The minimum atomic E-state index is -0.536. The molecule has 4 rings (SSSR count). The van der Waals surface area contributed by atoms with Crippen LogP contribution in [-0.2, 0) is 4.74 Å². The number of H-pyrrole nitrogens is 1. The highest BCUT2D eigenvalue weighted by molar-refractivity contribution is 5.93. The second-order valence-electron chi connectivity index (χ2n) is 9.07. The molecule has 170 valence electrons. The van der Waals surface area contributed by atoms with Crippen molar-refractivity contribution in [2.24, 2.45) is 5.92 Å². The lowest BCUT2D eigenvalue weighted by Gasteiger charge is -2.34. The molecule has 0 aromatic carbocycles. The second kappa shape index (κ2) is 8.60. The fourth-order valence-corrected chi connectivity index (χ4v) is 3.79. The van der Waals surface area contributed by atoms with E-state index in [4.69, 9.17) is 10.5 Å². The number of nitrogens with two attached hydrogens (primary N) is 1. The molecule has 0 saturated carbocycles. The van der Waals surface area contributed by atoms with Gasteiger partial charge < -0.3 is 25.7 Å². The van der Waals surface area contributed by atoms with Crippen LogP contribution >= 0.6 is 0 Å². The van der Waals surface area contributed by atoms with Crippen LogP contribution < -0.4 is 11.1 Å². The van der Waals surface area contributed by atoms with Crippen LogP contribution in [0.1, 0.15) is 33.6 Å². The molecule has 1 saturated heterocycles. The summed E-state index contributed by atoms with van der Waals surface area (Å²) < 4.78 is 19.9. The lowest BCUT2D eigenvalue weighted by molar-refractivity contribution is 0.0172. The van der Waals surface area contributed by atoms with Crippen LogP contribution in [0, 0.1) is 11.7 Å². The molecule has 0 bridgehead atoms. The zero-order valence-electron chi connectivity index (χ0n) is 18.5. The molecule has 0 unspecified atom stereocenters. The molecule has 0 radical (unpaired) electrons. The maximum absolute atomic E-state index is 14.4. The number of likely N-dealkylation sites (tertiary alicyclic amines) is 1. The van der Waals surface area contributed by atoms with Crippen molar-refractivity contribution in [2.45, 2.75) is 39.2 Å². The maximum Gasteiger partial charge on any atom is 0.410 e. The van der Waals surface area contributed by atoms with Gasteiger partial charge in [0.05, 0.1) is 18.1 Å². The van der Waals surface area contributed by atoms with E-state index in [1.807, 2.05) is 20.8 Å². The topological polar surface area (TPSA) is 122 Å². The van der Waals surface area contributed by atoms with Crippen LogP contribution in [-0.4, -0.2) is 56.2 Å². The third-order valence-electron chi connectivity index (χ3n) is 5.27. The van der Waals surface area contributed by atoms with Crippen LogP contribution in [0.2, 0.25) is 0 Å². The number of nitrogens with one attached hydrogen (secondary N) is 2. The molecular weight excluding hydrogens is 413 g/mol. The van der Waals surface area contributed by atoms with Gasteiger partial charge in [0.25, 0.3) is 0 Å². The molecule has 32 heavy (non-hydrogen) atoms. The Hall–Kier alpha value is -3.43. The van der Waals surface area contributed by atoms with Gasteiger partial charge in [0.15, 0.2) is 17.5 Å². The largest absolute Gasteiger partial charge is 0.444 e. The predicted octanol–water partition coefficient (Wildman–Crippen LogP) is 3.80. The Morgan fingerprint density at radius 3 is 2.97 bits per heavy atom. The summed E-state index contributed by atoms with van der Waals surface area (Å²) >= 11 is 0. The van der Waals surface area contributed by atoms with Crippen LogP contribution in [0.5, 0.6) is 0 Å². The Balaban J connectivity index is 1.46. The summed E-state index contributed by atoms with van der Waals surface area (Å²) in [6, 6.07) is 1.78. The Bertz CT molecular complexity index is 1130. The van der Waals surface area contributed by atoms with E-state index in [0.717, 1.165) is 24.4 Å². The number of carbonyl (C=O) groups is 1. The summed E-state index contributed by atoms with van der Waals surface area (Å²) in [5, 5.41) is 3.86. The van der Waals surface area contributed by atoms with Gasteiger partial charge in [-0.3, -0.25) is 0 Å². The van der Waals surface area contributed by atoms with Gasteiger partial charge in [0, 0.05) is 36.8 Å². The van der Waals surface area contributed by atoms with Gasteiger partial charge in [-0.05, 0) is 45.6 Å². The molecule has 0 spiro atoms. The van der Waals surface area contributed by atoms with Crippen molar-refractivity contribution in [3.63, 3.8) is 0 Å². The van der Waals surface area contributed by atoms with Crippen molar-refractivity contribution in [3.05, 3.63) is 30.5 Å². The Morgan fingerprint density at radius 2 is 2.19 bits per heavy atom. The number of ether oxygens (including phenoxy) is 1. The highest BCUT2D eigenvalue weighted by atomic mass is 19.1. The number of nitrogen functional groups attached to an aromatic ring is 1. The monoisotopic (exact) mass is 441 g/mol. The number of halogens is 1. The summed E-state index contributed by atoms with van der Waals surface area (Å²) in [6.45, 7) is 7.24. The molecule has 1 aliphatic rings. The standard InChI is InChI=1S/C22H28FN7O2/c1-22(2,3)32-21(31)30-6-4-5-13(12-30)8-25-20-17(23)11-28-19(29-20)16-10-27-18-15(16)7-14(24)9-26-18/h7,9-11,13H,4-6,8,12,24H2,1-3H3,(H,26,27)(H,25,28,29)/t13-/m1/s1. The Morgan fingerprint density at radius 1 is 1.38 bits per heavy atom. The number of amides is 1. The van der Waals surface area contributed by atoms with Gasteiger partial charge in [-0.25, -0.2) is 24.1 Å². The highest BCUT2D eigenvalue weighted by Crippen LogP contribution is 2.28. The van der Waals surface area contributed by atoms with E-state index in [9.17, 15) is 9.18 Å². The van der Waals surface area contributed by atoms with Gasteiger partial charge in [-0.15, -0.1) is 0 Å². The van der Waals surface area contributed by atoms with Crippen LogP contribution in [0.4, 0.5) is 20.7 Å². The van der Waals surface area contributed by atoms with E-state index in [1.165, 1.54) is 0 Å². The third kappa shape index (κ3) is 4.90. The van der Waals surface area contributed by atoms with Crippen molar-refractivity contribution in [1.29, 1.82) is 0 Å². The lowest BCUT2D eigenvalue weighted by Crippen LogP contribution is -2.44. The Kier molecular flexibility index (Phi) is 5.86. The summed E-state index contributed by atoms with van der Waals surface area (Å²) in [7, 11) is 0. The number of hydrogen-bond acceptors (Lipinski definition) is 7. The Labute approximate surface area is 185 Å². The van der Waals surface area contributed by atoms with Crippen molar-refractivity contribution in [1.82, 2.24) is 24.8 Å². The van der Waals surface area contributed by atoms with E-state index in [0.29, 0.717) is 42.4 Å². The SMILES string of the molecule is CC(C)(C)OC(=O)N1CCC[C@H](CNc2nc(-c3c[nH]c4ncc(N)cc34)ncc2F)C1. The molecule has 1 atom stereocenters. The van der Waals surface area contributed by atoms with Crippen molar-refractivity contribution in [2.75, 3.05) is 30.7 Å². The molecule has 4 N–H and O–H groups in total. The van der Waals surface area contributed by atoms with Gasteiger partial charge >= 0.3 is 6.09 Å². The number of piperidine rings is 1. The van der Waals surface area contributed by atoms with Crippen LogP contribution in [0.15, 0.2) is 24.7 Å². The first-order chi connectivity index (χ1) is 15.2.